The number of nitrogens with two attached hydrogens (primary N) is 1. The zero-order chi connectivity index (χ0) is 11.3. The maximum absolute atomic E-state index is 10.8. The molecule has 0 atom stereocenters. The number of rotatable bonds is 5. The van der Waals surface area contributed by atoms with E-state index in [-0.39, 0.29) is 12.6 Å². The van der Waals surface area contributed by atoms with E-state index in [0.29, 0.717) is 0 Å². The smallest absolute Gasteiger partial charge is 0.329 e. The normalized spacial score (nSPS) is 17.1. The van der Waals surface area contributed by atoms with Gasteiger partial charge in [0.15, 0.2) is 0 Å². The second-order valence-corrected chi connectivity index (χ2v) is 3.73. The lowest BCUT2D eigenvalue weighted by Crippen LogP contribution is -2.36. The molecule has 15 heavy (non-hydrogen) atoms. The van der Waals surface area contributed by atoms with Crippen molar-refractivity contribution in [3.63, 3.8) is 0 Å². The highest BCUT2D eigenvalue weighted by Crippen LogP contribution is 2.23. The van der Waals surface area contributed by atoms with E-state index >= 15 is 0 Å². The highest BCUT2D eigenvalue weighted by Gasteiger charge is 2.21. The van der Waals surface area contributed by atoms with Gasteiger partial charge in [0.1, 0.15) is 0 Å². The van der Waals surface area contributed by atoms with Crippen molar-refractivity contribution in [1.29, 1.82) is 0 Å². The third-order valence-corrected chi connectivity index (χ3v) is 2.54. The van der Waals surface area contributed by atoms with Gasteiger partial charge < -0.3 is 15.7 Å². The predicted molar refractivity (Wildman–Crippen MR) is 54.9 cm³/mol. The molecule has 0 radical (unpaired) electrons. The molecule has 1 saturated carbocycles. The summed E-state index contributed by atoms with van der Waals surface area (Å²) in [6.45, 7) is 0.0917. The second-order valence-electron chi connectivity index (χ2n) is 3.73. The molecule has 84 valence electrons. The molecule has 0 saturated heterocycles. The SMILES string of the molecule is NC(=O)CN(C=CC(=O)O)C1CCCC1. The molecule has 0 aliphatic heterocycles. The van der Waals surface area contributed by atoms with Crippen LogP contribution in [0.25, 0.3) is 0 Å². The van der Waals surface area contributed by atoms with Gasteiger partial charge in [0.2, 0.25) is 5.91 Å². The number of aliphatic carboxylic acids is 1. The molecule has 0 aromatic rings. The number of carbonyl (C=O) groups is 2. The number of nitrogens with zero attached hydrogens (tertiary/aromatic N) is 1. The van der Waals surface area contributed by atoms with E-state index in [1.54, 1.807) is 4.90 Å². The topological polar surface area (TPSA) is 83.6 Å². The number of primary amides is 1. The quantitative estimate of drug-likeness (QED) is 0.642. The maximum Gasteiger partial charge on any atom is 0.329 e. The molecule has 1 aliphatic carbocycles. The number of carboxylic acid groups (broad SMARTS) is 1. The van der Waals surface area contributed by atoms with Crippen LogP contribution >= 0.6 is 0 Å². The molecule has 1 aliphatic rings. The molecular formula is C10H16N2O3. The lowest BCUT2D eigenvalue weighted by molar-refractivity contribution is -0.131. The molecule has 0 heterocycles. The van der Waals surface area contributed by atoms with Gasteiger partial charge in [-0.1, -0.05) is 12.8 Å². The molecule has 0 unspecified atom stereocenters. The van der Waals surface area contributed by atoms with Gasteiger partial charge in [-0.15, -0.1) is 0 Å². The third-order valence-electron chi connectivity index (χ3n) is 2.54. The van der Waals surface area contributed by atoms with E-state index in [0.717, 1.165) is 31.8 Å². The van der Waals surface area contributed by atoms with Gasteiger partial charge in [0.25, 0.3) is 0 Å². The van der Waals surface area contributed by atoms with Crippen molar-refractivity contribution in [2.75, 3.05) is 6.54 Å². The Hall–Kier alpha value is -1.52. The molecule has 1 amide bonds. The van der Waals surface area contributed by atoms with Crippen molar-refractivity contribution in [3.05, 3.63) is 12.3 Å². The van der Waals surface area contributed by atoms with Gasteiger partial charge in [0.05, 0.1) is 6.54 Å². The van der Waals surface area contributed by atoms with Crippen LogP contribution in [0.2, 0.25) is 0 Å². The van der Waals surface area contributed by atoms with Gasteiger partial charge in [-0.25, -0.2) is 4.79 Å². The maximum atomic E-state index is 10.8. The second kappa shape index (κ2) is 5.38. The fraction of sp³-hybridized carbons (Fsp3) is 0.600. The van der Waals surface area contributed by atoms with Gasteiger partial charge >= 0.3 is 5.97 Å². The Morgan fingerprint density at radius 3 is 2.47 bits per heavy atom. The summed E-state index contributed by atoms with van der Waals surface area (Å²) in [5.74, 6) is -1.44. The fourth-order valence-electron chi connectivity index (χ4n) is 1.88. The van der Waals surface area contributed by atoms with Crippen LogP contribution in [0, 0.1) is 0 Å². The van der Waals surface area contributed by atoms with Gasteiger partial charge in [-0.3, -0.25) is 4.79 Å². The number of carboxylic acids is 1. The summed E-state index contributed by atoms with van der Waals surface area (Å²) in [7, 11) is 0. The lowest BCUT2D eigenvalue weighted by Gasteiger charge is -2.25. The zero-order valence-electron chi connectivity index (χ0n) is 8.56. The minimum atomic E-state index is -1.01. The Kier molecular flexibility index (Phi) is 4.15. The first-order valence-corrected chi connectivity index (χ1v) is 5.05. The summed E-state index contributed by atoms with van der Waals surface area (Å²) < 4.78 is 0. The number of amides is 1. The highest BCUT2D eigenvalue weighted by atomic mass is 16.4. The van der Waals surface area contributed by atoms with Gasteiger partial charge in [-0.2, -0.15) is 0 Å². The molecule has 0 aromatic heterocycles. The monoisotopic (exact) mass is 212 g/mol. The van der Waals surface area contributed by atoms with E-state index < -0.39 is 11.9 Å². The van der Waals surface area contributed by atoms with Crippen molar-refractivity contribution in [3.8, 4) is 0 Å². The van der Waals surface area contributed by atoms with E-state index in [1.807, 2.05) is 0 Å². The standard InChI is InChI=1S/C10H16N2O3/c11-9(13)7-12(6-5-10(14)15)8-3-1-2-4-8/h5-6,8H,1-4,7H2,(H2,11,13)(H,14,15). The van der Waals surface area contributed by atoms with Crippen LogP contribution in [0.5, 0.6) is 0 Å². The van der Waals surface area contributed by atoms with Crippen molar-refractivity contribution >= 4 is 11.9 Å². The molecule has 3 N–H and O–H groups in total. The molecule has 1 fully saturated rings. The molecule has 0 spiro atoms. The number of carbonyl (C=O) groups excluding carboxylic acids is 1. The summed E-state index contributed by atoms with van der Waals surface area (Å²) in [5, 5.41) is 8.51. The van der Waals surface area contributed by atoms with Crippen LogP contribution in [-0.4, -0.2) is 34.5 Å². The Morgan fingerprint density at radius 2 is 2.00 bits per heavy atom. The first kappa shape index (κ1) is 11.6. The fourth-order valence-corrected chi connectivity index (χ4v) is 1.88. The minimum absolute atomic E-state index is 0.0917. The molecule has 0 aromatic carbocycles. The minimum Gasteiger partial charge on any atom is -0.478 e. The Labute approximate surface area is 88.5 Å². The van der Waals surface area contributed by atoms with E-state index in [9.17, 15) is 9.59 Å². The third kappa shape index (κ3) is 4.01. The molecule has 5 heteroatoms. The summed E-state index contributed by atoms with van der Waals surface area (Å²) in [6.07, 6.45) is 6.74. The van der Waals surface area contributed by atoms with Crippen LogP contribution in [0.1, 0.15) is 25.7 Å². The average Bonchev–Trinajstić information content (AvgIpc) is 2.63. The van der Waals surface area contributed by atoms with Crippen LogP contribution in [0.4, 0.5) is 0 Å². The van der Waals surface area contributed by atoms with E-state index in [2.05, 4.69) is 0 Å². The molecule has 5 nitrogen and oxygen atoms in total. The number of hydrogen-bond donors (Lipinski definition) is 2. The van der Waals surface area contributed by atoms with Gasteiger partial charge in [-0.05, 0) is 12.8 Å². The first-order valence-electron chi connectivity index (χ1n) is 5.05. The summed E-state index contributed by atoms with van der Waals surface area (Å²) in [6, 6.07) is 0.257. The average molecular weight is 212 g/mol. The Bertz CT molecular complexity index is 270. The molecule has 1 rings (SSSR count). The van der Waals surface area contributed by atoms with Crippen LogP contribution in [-0.2, 0) is 9.59 Å². The zero-order valence-corrected chi connectivity index (χ0v) is 8.56. The number of hydrogen-bond acceptors (Lipinski definition) is 3. The first-order chi connectivity index (χ1) is 7.09. The van der Waals surface area contributed by atoms with Crippen molar-refractivity contribution in [2.45, 2.75) is 31.7 Å². The highest BCUT2D eigenvalue weighted by molar-refractivity contribution is 5.80. The Morgan fingerprint density at radius 1 is 1.40 bits per heavy atom. The van der Waals surface area contributed by atoms with E-state index in [1.165, 1.54) is 6.20 Å². The summed E-state index contributed by atoms with van der Waals surface area (Å²) >= 11 is 0. The lowest BCUT2D eigenvalue weighted by atomic mass is 10.2. The molecule has 0 bridgehead atoms. The van der Waals surface area contributed by atoms with E-state index in [4.69, 9.17) is 10.8 Å². The van der Waals surface area contributed by atoms with Crippen LogP contribution in [0.15, 0.2) is 12.3 Å². The molecular weight excluding hydrogens is 196 g/mol. The van der Waals surface area contributed by atoms with Crippen LogP contribution in [0.3, 0.4) is 0 Å². The van der Waals surface area contributed by atoms with Crippen molar-refractivity contribution in [2.24, 2.45) is 5.73 Å². The van der Waals surface area contributed by atoms with Crippen LogP contribution < -0.4 is 5.73 Å². The van der Waals surface area contributed by atoms with Crippen molar-refractivity contribution < 1.29 is 14.7 Å². The summed E-state index contributed by atoms with van der Waals surface area (Å²) in [4.78, 5) is 22.9. The summed E-state index contributed by atoms with van der Waals surface area (Å²) in [5.41, 5.74) is 5.11. The predicted octanol–water partition coefficient (Wildman–Crippen LogP) is 0.315. The van der Waals surface area contributed by atoms with Crippen molar-refractivity contribution in [1.82, 2.24) is 4.90 Å². The largest absolute Gasteiger partial charge is 0.478 e. The Balaban J connectivity index is 2.59. The van der Waals surface area contributed by atoms with Gasteiger partial charge in [0, 0.05) is 18.3 Å².